The fourth-order valence-electron chi connectivity index (χ4n) is 1.07. The van der Waals surface area contributed by atoms with E-state index in [1.807, 2.05) is 19.9 Å². The molecule has 1 heterocycles. The standard InChI is InChI=1S/C9H13NO2S/c1-5-3-8(13-6(5)2)7(10)4-9(11)12/h3,7H,4,10H2,1-2H3,(H,11,12)/t7-/m0/s1. The number of thiophene rings is 1. The number of hydrogen-bond acceptors (Lipinski definition) is 3. The van der Waals surface area contributed by atoms with Crippen LogP contribution in [0.1, 0.15) is 27.8 Å². The normalized spacial score (nSPS) is 12.8. The van der Waals surface area contributed by atoms with Crippen LogP contribution in [0.3, 0.4) is 0 Å². The molecule has 13 heavy (non-hydrogen) atoms. The highest BCUT2D eigenvalue weighted by Crippen LogP contribution is 2.26. The van der Waals surface area contributed by atoms with Crippen molar-refractivity contribution in [1.29, 1.82) is 0 Å². The van der Waals surface area contributed by atoms with Gasteiger partial charge in [0.15, 0.2) is 0 Å². The number of nitrogens with two attached hydrogens (primary N) is 1. The third-order valence-electron chi connectivity index (χ3n) is 1.95. The van der Waals surface area contributed by atoms with Crippen LogP contribution in [0.4, 0.5) is 0 Å². The lowest BCUT2D eigenvalue weighted by molar-refractivity contribution is -0.137. The zero-order valence-electron chi connectivity index (χ0n) is 7.70. The van der Waals surface area contributed by atoms with Crippen LogP contribution in [-0.2, 0) is 4.79 Å². The molecule has 0 aromatic carbocycles. The van der Waals surface area contributed by atoms with E-state index in [9.17, 15) is 4.79 Å². The van der Waals surface area contributed by atoms with Gasteiger partial charge < -0.3 is 10.8 Å². The summed E-state index contributed by atoms with van der Waals surface area (Å²) in [5.74, 6) is -0.851. The quantitative estimate of drug-likeness (QED) is 0.780. The predicted octanol–water partition coefficient (Wildman–Crippen LogP) is 1.84. The summed E-state index contributed by atoms with van der Waals surface area (Å²) < 4.78 is 0. The Morgan fingerprint density at radius 3 is 2.69 bits per heavy atom. The van der Waals surface area contributed by atoms with Gasteiger partial charge in [0.2, 0.25) is 0 Å². The van der Waals surface area contributed by atoms with E-state index in [0.29, 0.717) is 0 Å². The van der Waals surface area contributed by atoms with Crippen LogP contribution < -0.4 is 5.73 Å². The molecule has 0 unspecified atom stereocenters. The topological polar surface area (TPSA) is 63.3 Å². The zero-order valence-corrected chi connectivity index (χ0v) is 8.52. The van der Waals surface area contributed by atoms with Gasteiger partial charge in [-0.05, 0) is 25.5 Å². The van der Waals surface area contributed by atoms with E-state index in [4.69, 9.17) is 10.8 Å². The summed E-state index contributed by atoms with van der Waals surface area (Å²) in [5, 5.41) is 8.55. The molecule has 3 nitrogen and oxygen atoms in total. The second-order valence-electron chi connectivity index (χ2n) is 3.09. The molecule has 0 saturated heterocycles. The fourth-order valence-corrected chi connectivity index (χ4v) is 2.12. The molecular weight excluding hydrogens is 186 g/mol. The maximum absolute atomic E-state index is 10.4. The van der Waals surface area contributed by atoms with Crippen molar-refractivity contribution in [1.82, 2.24) is 0 Å². The molecule has 1 aromatic rings. The highest BCUT2D eigenvalue weighted by molar-refractivity contribution is 7.12. The first-order valence-corrected chi connectivity index (χ1v) is 4.86. The summed E-state index contributed by atoms with van der Waals surface area (Å²) in [6.45, 7) is 4.01. The third-order valence-corrected chi connectivity index (χ3v) is 3.23. The van der Waals surface area contributed by atoms with Gasteiger partial charge in [-0.1, -0.05) is 0 Å². The van der Waals surface area contributed by atoms with Crippen molar-refractivity contribution in [2.75, 3.05) is 0 Å². The molecule has 0 bridgehead atoms. The summed E-state index contributed by atoms with van der Waals surface area (Å²) in [4.78, 5) is 12.6. The highest BCUT2D eigenvalue weighted by Gasteiger charge is 2.13. The second-order valence-corrected chi connectivity index (χ2v) is 4.38. The Kier molecular flexibility index (Phi) is 3.06. The van der Waals surface area contributed by atoms with Crippen molar-refractivity contribution in [2.45, 2.75) is 26.3 Å². The summed E-state index contributed by atoms with van der Waals surface area (Å²) in [5.41, 5.74) is 6.89. The number of aryl methyl sites for hydroxylation is 2. The fraction of sp³-hybridized carbons (Fsp3) is 0.444. The minimum Gasteiger partial charge on any atom is -0.481 e. The Morgan fingerprint density at radius 2 is 2.31 bits per heavy atom. The smallest absolute Gasteiger partial charge is 0.305 e. The lowest BCUT2D eigenvalue weighted by atomic mass is 10.1. The predicted molar refractivity (Wildman–Crippen MR) is 53.0 cm³/mol. The van der Waals surface area contributed by atoms with Gasteiger partial charge in [0.05, 0.1) is 6.42 Å². The molecule has 0 saturated carbocycles. The Hall–Kier alpha value is -0.870. The van der Waals surface area contributed by atoms with Crippen molar-refractivity contribution in [3.63, 3.8) is 0 Å². The number of rotatable bonds is 3. The molecule has 0 spiro atoms. The van der Waals surface area contributed by atoms with E-state index >= 15 is 0 Å². The maximum atomic E-state index is 10.4. The second kappa shape index (κ2) is 3.89. The minimum atomic E-state index is -0.851. The number of carbonyl (C=O) groups is 1. The van der Waals surface area contributed by atoms with E-state index in [-0.39, 0.29) is 12.5 Å². The van der Waals surface area contributed by atoms with E-state index in [0.717, 1.165) is 4.88 Å². The SMILES string of the molecule is Cc1cc([C@@H](N)CC(=O)O)sc1C. The lowest BCUT2D eigenvalue weighted by Crippen LogP contribution is -2.13. The van der Waals surface area contributed by atoms with Gasteiger partial charge in [-0.3, -0.25) is 4.79 Å². The number of aliphatic carboxylic acids is 1. The first-order valence-electron chi connectivity index (χ1n) is 4.05. The van der Waals surface area contributed by atoms with Crippen LogP contribution in [0, 0.1) is 13.8 Å². The maximum Gasteiger partial charge on any atom is 0.305 e. The van der Waals surface area contributed by atoms with Gasteiger partial charge in [-0.25, -0.2) is 0 Å². The lowest BCUT2D eigenvalue weighted by Gasteiger charge is -2.04. The molecule has 4 heteroatoms. The molecule has 0 fully saturated rings. The molecule has 1 rings (SSSR count). The van der Waals surface area contributed by atoms with Gasteiger partial charge >= 0.3 is 5.97 Å². The Morgan fingerprint density at radius 1 is 1.69 bits per heavy atom. The van der Waals surface area contributed by atoms with E-state index < -0.39 is 5.97 Å². The molecule has 0 radical (unpaired) electrons. The third kappa shape index (κ3) is 2.54. The highest BCUT2D eigenvalue weighted by atomic mass is 32.1. The number of hydrogen-bond donors (Lipinski definition) is 2. The van der Waals surface area contributed by atoms with Crippen LogP contribution in [0.25, 0.3) is 0 Å². The van der Waals surface area contributed by atoms with Crippen LogP contribution in [0.2, 0.25) is 0 Å². The zero-order chi connectivity index (χ0) is 10.0. The average Bonchev–Trinajstić information content (AvgIpc) is 2.31. The first-order chi connectivity index (χ1) is 6.00. The average molecular weight is 199 g/mol. The van der Waals surface area contributed by atoms with E-state index in [1.54, 1.807) is 11.3 Å². The monoisotopic (exact) mass is 199 g/mol. The van der Waals surface area contributed by atoms with Gasteiger partial charge in [0.25, 0.3) is 0 Å². The first kappa shape index (κ1) is 10.2. The molecule has 3 N–H and O–H groups in total. The van der Waals surface area contributed by atoms with Crippen molar-refractivity contribution in [2.24, 2.45) is 5.73 Å². The summed E-state index contributed by atoms with van der Waals surface area (Å²) in [6.07, 6.45) is -0.000602. The van der Waals surface area contributed by atoms with Crippen LogP contribution in [-0.4, -0.2) is 11.1 Å². The largest absolute Gasteiger partial charge is 0.481 e. The van der Waals surface area contributed by atoms with Gasteiger partial charge in [-0.2, -0.15) is 0 Å². The molecule has 1 aromatic heterocycles. The molecule has 1 atom stereocenters. The van der Waals surface area contributed by atoms with Gasteiger partial charge in [0.1, 0.15) is 0 Å². The van der Waals surface area contributed by atoms with Crippen LogP contribution >= 0.6 is 11.3 Å². The van der Waals surface area contributed by atoms with Gasteiger partial charge in [-0.15, -0.1) is 11.3 Å². The van der Waals surface area contributed by atoms with Crippen molar-refractivity contribution in [3.8, 4) is 0 Å². The van der Waals surface area contributed by atoms with Crippen molar-refractivity contribution >= 4 is 17.3 Å². The summed E-state index contributed by atoms with van der Waals surface area (Å²) >= 11 is 1.58. The van der Waals surface area contributed by atoms with E-state index in [1.165, 1.54) is 10.4 Å². The van der Waals surface area contributed by atoms with E-state index in [2.05, 4.69) is 0 Å². The molecule has 0 aliphatic carbocycles. The van der Waals surface area contributed by atoms with Crippen LogP contribution in [0.5, 0.6) is 0 Å². The Balaban J connectivity index is 2.77. The van der Waals surface area contributed by atoms with Gasteiger partial charge in [0, 0.05) is 15.8 Å². The molecule has 0 amide bonds. The summed E-state index contributed by atoms with van der Waals surface area (Å²) in [7, 11) is 0. The van der Waals surface area contributed by atoms with Crippen molar-refractivity contribution in [3.05, 3.63) is 21.4 Å². The minimum absolute atomic E-state index is 0.000602. The molecule has 0 aliphatic heterocycles. The molecule has 0 aliphatic rings. The summed E-state index contributed by atoms with van der Waals surface area (Å²) in [6, 6.07) is 1.60. The Labute approximate surface area is 81.2 Å². The number of carboxylic acids is 1. The Bertz CT molecular complexity index is 300. The van der Waals surface area contributed by atoms with Crippen LogP contribution in [0.15, 0.2) is 6.07 Å². The number of carboxylic acid groups (broad SMARTS) is 1. The van der Waals surface area contributed by atoms with Crippen molar-refractivity contribution < 1.29 is 9.90 Å². The molecular formula is C9H13NO2S. The molecule has 72 valence electrons.